The van der Waals surface area contributed by atoms with E-state index in [-0.39, 0.29) is 6.04 Å². The Morgan fingerprint density at radius 1 is 1.50 bits per heavy atom. The monoisotopic (exact) mass is 268 g/mol. The van der Waals surface area contributed by atoms with Crippen LogP contribution in [0.1, 0.15) is 24.6 Å². The van der Waals surface area contributed by atoms with Gasteiger partial charge in [-0.15, -0.1) is 0 Å². The molecule has 0 aliphatic rings. The molecule has 0 saturated heterocycles. The average Bonchev–Trinajstić information content (AvgIpc) is 2.81. The number of hydrogen-bond acceptors (Lipinski definition) is 6. The number of ether oxygens (including phenoxy) is 1. The number of H-pyrrole nitrogens is 1. The summed E-state index contributed by atoms with van der Waals surface area (Å²) in [5.41, 5.74) is 0. The van der Waals surface area contributed by atoms with Gasteiger partial charge >= 0.3 is 0 Å². The van der Waals surface area contributed by atoms with Crippen LogP contribution in [0.15, 0.2) is 12.4 Å². The highest BCUT2D eigenvalue weighted by Crippen LogP contribution is 2.17. The Balaban J connectivity index is 2.13. The number of rotatable bonds is 5. The molecule has 18 heavy (non-hydrogen) atoms. The number of nitrogens with one attached hydrogen (secondary N) is 2. The quantitative estimate of drug-likeness (QED) is 0.800. The van der Waals surface area contributed by atoms with E-state index in [9.17, 15) is 0 Å². The van der Waals surface area contributed by atoms with Gasteiger partial charge in [0, 0.05) is 13.2 Å². The Hall–Kier alpha value is -1.73. The molecule has 2 rings (SSSR count). The molecule has 0 bridgehead atoms. The van der Waals surface area contributed by atoms with Crippen molar-refractivity contribution in [3.8, 4) is 0 Å². The zero-order valence-corrected chi connectivity index (χ0v) is 10.8. The van der Waals surface area contributed by atoms with Crippen molar-refractivity contribution >= 4 is 17.4 Å². The first-order valence-electron chi connectivity index (χ1n) is 5.33. The minimum Gasteiger partial charge on any atom is -0.377 e. The maximum Gasteiger partial charge on any atom is 0.158 e. The van der Waals surface area contributed by atoms with Gasteiger partial charge < -0.3 is 10.1 Å². The van der Waals surface area contributed by atoms with Gasteiger partial charge in [0.05, 0.1) is 6.04 Å². The van der Waals surface area contributed by atoms with Crippen molar-refractivity contribution in [1.29, 1.82) is 0 Å². The molecule has 0 spiro atoms. The van der Waals surface area contributed by atoms with E-state index >= 15 is 0 Å². The van der Waals surface area contributed by atoms with E-state index in [1.54, 1.807) is 13.2 Å². The Labute approximate surface area is 109 Å². The summed E-state index contributed by atoms with van der Waals surface area (Å²) in [6.45, 7) is 2.25. The molecule has 2 aromatic heterocycles. The second-order valence-corrected chi connectivity index (χ2v) is 4.05. The first kappa shape index (κ1) is 12.7. The van der Waals surface area contributed by atoms with E-state index in [4.69, 9.17) is 16.3 Å². The fourth-order valence-electron chi connectivity index (χ4n) is 1.45. The zero-order valence-electron chi connectivity index (χ0n) is 10.0. The average molecular weight is 269 g/mol. The van der Waals surface area contributed by atoms with Crippen LogP contribution in [0.25, 0.3) is 0 Å². The lowest BCUT2D eigenvalue weighted by atomic mass is 10.3. The van der Waals surface area contributed by atoms with E-state index in [0.717, 1.165) is 5.82 Å². The maximum atomic E-state index is 5.91. The lowest BCUT2D eigenvalue weighted by molar-refractivity contribution is 0.178. The Bertz CT molecular complexity index is 503. The fourth-order valence-corrected chi connectivity index (χ4v) is 1.65. The Morgan fingerprint density at radius 3 is 3.00 bits per heavy atom. The van der Waals surface area contributed by atoms with Crippen molar-refractivity contribution in [1.82, 2.24) is 25.1 Å². The molecule has 8 heteroatoms. The zero-order chi connectivity index (χ0) is 13.0. The highest BCUT2D eigenvalue weighted by atomic mass is 35.5. The topological polar surface area (TPSA) is 88.6 Å². The summed E-state index contributed by atoms with van der Waals surface area (Å²) in [5, 5.41) is 10.1. The molecule has 0 saturated carbocycles. The molecule has 1 atom stereocenters. The van der Waals surface area contributed by atoms with E-state index < -0.39 is 0 Å². The molecular weight excluding hydrogens is 256 g/mol. The van der Waals surface area contributed by atoms with Gasteiger partial charge in [0.25, 0.3) is 0 Å². The van der Waals surface area contributed by atoms with Crippen molar-refractivity contribution in [3.05, 3.63) is 29.2 Å². The van der Waals surface area contributed by atoms with Crippen LogP contribution in [0.3, 0.4) is 0 Å². The minimum atomic E-state index is -0.0612. The normalized spacial score (nSPS) is 12.4. The highest BCUT2D eigenvalue weighted by molar-refractivity contribution is 6.29. The van der Waals surface area contributed by atoms with Crippen molar-refractivity contribution in [3.63, 3.8) is 0 Å². The van der Waals surface area contributed by atoms with Crippen LogP contribution in [0, 0.1) is 0 Å². The van der Waals surface area contributed by atoms with Crippen LogP contribution in [0.5, 0.6) is 0 Å². The van der Waals surface area contributed by atoms with Crippen molar-refractivity contribution in [2.45, 2.75) is 19.6 Å². The molecule has 2 N–H and O–H groups in total. The predicted octanol–water partition coefficient (Wildman–Crippen LogP) is 1.57. The summed E-state index contributed by atoms with van der Waals surface area (Å²) >= 11 is 5.91. The number of anilines is 1. The molecule has 2 heterocycles. The first-order valence-corrected chi connectivity index (χ1v) is 5.71. The van der Waals surface area contributed by atoms with Crippen LogP contribution in [-0.4, -0.2) is 32.3 Å². The summed E-state index contributed by atoms with van der Waals surface area (Å²) in [6, 6.07) is 1.59. The number of aromatic amines is 1. The van der Waals surface area contributed by atoms with Crippen molar-refractivity contribution < 1.29 is 4.74 Å². The second kappa shape index (κ2) is 5.74. The van der Waals surface area contributed by atoms with Gasteiger partial charge in [-0.05, 0) is 6.92 Å². The van der Waals surface area contributed by atoms with Crippen LogP contribution in [-0.2, 0) is 11.3 Å². The molecular formula is C10H13ClN6O. The van der Waals surface area contributed by atoms with Gasteiger partial charge in [0.15, 0.2) is 5.82 Å². The lowest BCUT2D eigenvalue weighted by Gasteiger charge is -2.12. The van der Waals surface area contributed by atoms with Crippen LogP contribution in [0.2, 0.25) is 5.15 Å². The summed E-state index contributed by atoms with van der Waals surface area (Å²) in [7, 11) is 1.58. The fraction of sp³-hybridized carbons (Fsp3) is 0.400. The number of halogens is 1. The number of aromatic nitrogens is 5. The molecule has 96 valence electrons. The van der Waals surface area contributed by atoms with Crippen molar-refractivity contribution in [2.24, 2.45) is 0 Å². The summed E-state index contributed by atoms with van der Waals surface area (Å²) < 4.78 is 4.98. The van der Waals surface area contributed by atoms with E-state index in [1.807, 2.05) is 6.92 Å². The largest absolute Gasteiger partial charge is 0.377 e. The SMILES string of the molecule is COCc1nc(Cl)cc(NC(C)c2ncn[nH]2)n1. The number of methoxy groups -OCH3 is 1. The second-order valence-electron chi connectivity index (χ2n) is 3.66. The smallest absolute Gasteiger partial charge is 0.158 e. The lowest BCUT2D eigenvalue weighted by Crippen LogP contribution is -2.11. The molecule has 0 radical (unpaired) electrons. The molecule has 2 aromatic rings. The standard InChI is InChI=1S/C10H13ClN6O/c1-6(10-12-5-13-17-10)14-8-3-7(11)15-9(16-8)4-18-2/h3,5-6H,4H2,1-2H3,(H,12,13,17)(H,14,15,16). The van der Waals surface area contributed by atoms with Gasteiger partial charge in [0.2, 0.25) is 0 Å². The summed E-state index contributed by atoms with van der Waals surface area (Å²) in [6.07, 6.45) is 1.46. The van der Waals surface area contributed by atoms with E-state index in [1.165, 1.54) is 6.33 Å². The summed E-state index contributed by atoms with van der Waals surface area (Å²) in [5.74, 6) is 1.86. The molecule has 0 amide bonds. The molecule has 0 aromatic carbocycles. The van der Waals surface area contributed by atoms with Crippen LogP contribution >= 0.6 is 11.6 Å². The molecule has 0 aliphatic carbocycles. The van der Waals surface area contributed by atoms with E-state index in [0.29, 0.717) is 23.4 Å². The maximum absolute atomic E-state index is 5.91. The number of nitrogens with zero attached hydrogens (tertiary/aromatic N) is 4. The molecule has 0 fully saturated rings. The highest BCUT2D eigenvalue weighted by Gasteiger charge is 2.10. The first-order chi connectivity index (χ1) is 8.69. The molecule has 7 nitrogen and oxygen atoms in total. The predicted molar refractivity (Wildman–Crippen MR) is 66.2 cm³/mol. The minimum absolute atomic E-state index is 0.0612. The van der Waals surface area contributed by atoms with Gasteiger partial charge in [-0.3, -0.25) is 5.10 Å². The van der Waals surface area contributed by atoms with E-state index in [2.05, 4.69) is 30.5 Å². The van der Waals surface area contributed by atoms with Gasteiger partial charge in [-0.2, -0.15) is 5.10 Å². The van der Waals surface area contributed by atoms with Crippen LogP contribution in [0.4, 0.5) is 5.82 Å². The number of hydrogen-bond donors (Lipinski definition) is 2. The van der Waals surface area contributed by atoms with Crippen LogP contribution < -0.4 is 5.32 Å². The third-order valence-electron chi connectivity index (χ3n) is 2.22. The third-order valence-corrected chi connectivity index (χ3v) is 2.42. The third kappa shape index (κ3) is 3.14. The molecule has 1 unspecified atom stereocenters. The van der Waals surface area contributed by atoms with Gasteiger partial charge in [-0.25, -0.2) is 15.0 Å². The van der Waals surface area contributed by atoms with Gasteiger partial charge in [-0.1, -0.05) is 11.6 Å². The summed E-state index contributed by atoms with van der Waals surface area (Å²) in [4.78, 5) is 12.4. The van der Waals surface area contributed by atoms with Gasteiger partial charge in [0.1, 0.15) is 29.7 Å². The Kier molecular flexibility index (Phi) is 4.06. The Morgan fingerprint density at radius 2 is 2.33 bits per heavy atom. The van der Waals surface area contributed by atoms with Crippen molar-refractivity contribution in [2.75, 3.05) is 12.4 Å². The molecule has 0 aliphatic heterocycles.